The van der Waals surface area contributed by atoms with Gasteiger partial charge in [-0.15, -0.1) is 0 Å². The summed E-state index contributed by atoms with van der Waals surface area (Å²) >= 11 is 0. The zero-order valence-electron chi connectivity index (χ0n) is 18.2. The topological polar surface area (TPSA) is 70.2 Å². The summed E-state index contributed by atoms with van der Waals surface area (Å²) in [5.41, 5.74) is 0.769. The Bertz CT molecular complexity index is 1110. The minimum absolute atomic E-state index is 0.132. The van der Waals surface area contributed by atoms with Gasteiger partial charge in [-0.25, -0.2) is 13.8 Å². The average molecular weight is 440 g/mol. The number of carbonyl (C=O) groups excluding carboxylic acids is 1. The average Bonchev–Trinajstić information content (AvgIpc) is 2.78. The second-order valence-corrected chi connectivity index (χ2v) is 8.48. The first-order chi connectivity index (χ1) is 15.4. The van der Waals surface area contributed by atoms with Crippen LogP contribution >= 0.6 is 0 Å². The number of nitrogens with zero attached hydrogens (tertiary/aromatic N) is 3. The van der Waals surface area contributed by atoms with E-state index in [2.05, 4.69) is 15.6 Å². The number of nitrogens with one attached hydrogen (secondary N) is 2. The molecule has 1 amide bonds. The fourth-order valence-corrected chi connectivity index (χ4v) is 4.16. The van der Waals surface area contributed by atoms with Crippen LogP contribution in [0.25, 0.3) is 10.9 Å². The molecule has 0 radical (unpaired) electrons. The summed E-state index contributed by atoms with van der Waals surface area (Å²) in [6.45, 7) is 0.472. The number of hydrogen-bond donors (Lipinski definition) is 2. The normalized spacial score (nSPS) is 18.4. The molecule has 3 aromatic rings. The van der Waals surface area contributed by atoms with Crippen LogP contribution in [0.1, 0.15) is 36.0 Å². The summed E-state index contributed by atoms with van der Waals surface area (Å²) in [4.78, 5) is 23.6. The molecule has 168 valence electrons. The molecule has 1 saturated carbocycles. The Hall–Kier alpha value is -3.29. The molecule has 1 aromatic heterocycles. The third-order valence-electron chi connectivity index (χ3n) is 5.91. The van der Waals surface area contributed by atoms with E-state index in [4.69, 9.17) is 4.98 Å². The fraction of sp³-hybridized carbons (Fsp3) is 0.375. The van der Waals surface area contributed by atoms with E-state index in [-0.39, 0.29) is 11.6 Å². The third-order valence-corrected chi connectivity index (χ3v) is 5.91. The molecule has 0 atom stereocenters. The minimum Gasteiger partial charge on any atom is -0.362 e. The Morgan fingerprint density at radius 1 is 1.06 bits per heavy atom. The zero-order valence-corrected chi connectivity index (χ0v) is 18.2. The lowest BCUT2D eigenvalue weighted by atomic mass is 9.86. The van der Waals surface area contributed by atoms with Crippen molar-refractivity contribution in [3.8, 4) is 0 Å². The number of benzene rings is 2. The van der Waals surface area contributed by atoms with Crippen molar-refractivity contribution in [2.75, 3.05) is 30.9 Å². The predicted octanol–water partition coefficient (Wildman–Crippen LogP) is 4.37. The minimum atomic E-state index is -0.845. The van der Waals surface area contributed by atoms with Crippen LogP contribution in [-0.2, 0) is 0 Å². The largest absolute Gasteiger partial charge is 0.362 e. The van der Waals surface area contributed by atoms with Crippen LogP contribution in [0.15, 0.2) is 42.5 Å². The van der Waals surface area contributed by atoms with Crippen molar-refractivity contribution < 1.29 is 13.6 Å². The SMILES string of the molecule is CN(C)c1nc(NC2CCC(CNC(=O)c3ccc(F)cc3F)CC2)nc2ccccc12. The first-order valence-corrected chi connectivity index (χ1v) is 10.8. The maximum Gasteiger partial charge on any atom is 0.254 e. The first kappa shape index (κ1) is 21.9. The molecule has 0 aliphatic heterocycles. The number of anilines is 2. The summed E-state index contributed by atoms with van der Waals surface area (Å²) < 4.78 is 26.8. The second-order valence-electron chi connectivity index (χ2n) is 8.48. The Morgan fingerprint density at radius 3 is 2.53 bits per heavy atom. The molecule has 4 rings (SSSR count). The van der Waals surface area contributed by atoms with Gasteiger partial charge in [0.1, 0.15) is 17.5 Å². The van der Waals surface area contributed by atoms with Gasteiger partial charge in [0, 0.05) is 38.1 Å². The maximum absolute atomic E-state index is 13.8. The van der Waals surface area contributed by atoms with Crippen LogP contribution in [0.5, 0.6) is 0 Å². The Kier molecular flexibility index (Phi) is 6.48. The van der Waals surface area contributed by atoms with E-state index in [1.807, 2.05) is 43.3 Å². The molecule has 32 heavy (non-hydrogen) atoms. The van der Waals surface area contributed by atoms with Crippen LogP contribution in [0, 0.1) is 17.6 Å². The van der Waals surface area contributed by atoms with Gasteiger partial charge in [-0.1, -0.05) is 12.1 Å². The number of amides is 1. The molecule has 0 saturated heterocycles. The third kappa shape index (κ3) is 4.95. The monoisotopic (exact) mass is 439 g/mol. The van der Waals surface area contributed by atoms with Gasteiger partial charge in [0.05, 0.1) is 11.1 Å². The number of halogens is 2. The van der Waals surface area contributed by atoms with Gasteiger partial charge in [0.2, 0.25) is 5.95 Å². The number of para-hydroxylation sites is 1. The fourth-order valence-electron chi connectivity index (χ4n) is 4.16. The summed E-state index contributed by atoms with van der Waals surface area (Å²) in [7, 11) is 3.94. The molecule has 1 fully saturated rings. The molecule has 8 heteroatoms. The van der Waals surface area contributed by atoms with Crippen LogP contribution in [0.3, 0.4) is 0 Å². The zero-order chi connectivity index (χ0) is 22.7. The summed E-state index contributed by atoms with van der Waals surface area (Å²) in [5, 5.41) is 7.27. The number of aromatic nitrogens is 2. The highest BCUT2D eigenvalue weighted by Crippen LogP contribution is 2.28. The van der Waals surface area contributed by atoms with Crippen molar-refractivity contribution in [3.63, 3.8) is 0 Å². The van der Waals surface area contributed by atoms with Gasteiger partial charge in [0.25, 0.3) is 5.91 Å². The van der Waals surface area contributed by atoms with Crippen LogP contribution in [0.2, 0.25) is 0 Å². The highest BCUT2D eigenvalue weighted by molar-refractivity contribution is 5.94. The lowest BCUT2D eigenvalue weighted by Crippen LogP contribution is -2.34. The van der Waals surface area contributed by atoms with Crippen LogP contribution in [-0.4, -0.2) is 42.6 Å². The molecule has 6 nitrogen and oxygen atoms in total. The smallest absolute Gasteiger partial charge is 0.254 e. The number of rotatable bonds is 6. The molecular weight excluding hydrogens is 412 g/mol. The Balaban J connectivity index is 1.32. The molecule has 0 unspecified atom stereocenters. The van der Waals surface area contributed by atoms with E-state index in [0.717, 1.165) is 54.5 Å². The molecule has 2 N–H and O–H groups in total. The van der Waals surface area contributed by atoms with E-state index in [0.29, 0.717) is 18.4 Å². The van der Waals surface area contributed by atoms with Crippen molar-refractivity contribution in [1.82, 2.24) is 15.3 Å². The molecule has 1 aliphatic rings. The van der Waals surface area contributed by atoms with Gasteiger partial charge >= 0.3 is 0 Å². The van der Waals surface area contributed by atoms with Gasteiger partial charge in [-0.05, 0) is 55.9 Å². The highest BCUT2D eigenvalue weighted by Gasteiger charge is 2.23. The lowest BCUT2D eigenvalue weighted by Gasteiger charge is -2.29. The lowest BCUT2D eigenvalue weighted by molar-refractivity contribution is 0.0939. The van der Waals surface area contributed by atoms with Crippen molar-refractivity contribution in [1.29, 1.82) is 0 Å². The predicted molar refractivity (Wildman–Crippen MR) is 122 cm³/mol. The van der Waals surface area contributed by atoms with Crippen molar-refractivity contribution >= 4 is 28.6 Å². The van der Waals surface area contributed by atoms with Gasteiger partial charge in [0.15, 0.2) is 0 Å². The van der Waals surface area contributed by atoms with E-state index < -0.39 is 17.5 Å². The first-order valence-electron chi connectivity index (χ1n) is 10.8. The highest BCUT2D eigenvalue weighted by atomic mass is 19.1. The van der Waals surface area contributed by atoms with E-state index in [1.165, 1.54) is 6.07 Å². The van der Waals surface area contributed by atoms with E-state index >= 15 is 0 Å². The molecule has 0 bridgehead atoms. The maximum atomic E-state index is 13.8. The quantitative estimate of drug-likeness (QED) is 0.597. The molecule has 1 heterocycles. The number of hydrogen-bond acceptors (Lipinski definition) is 5. The molecule has 0 spiro atoms. The van der Waals surface area contributed by atoms with Gasteiger partial charge in [-0.2, -0.15) is 4.98 Å². The number of carbonyl (C=O) groups is 1. The second kappa shape index (κ2) is 9.46. The van der Waals surface area contributed by atoms with Crippen LogP contribution in [0.4, 0.5) is 20.5 Å². The number of fused-ring (bicyclic) bond motifs is 1. The molecule has 1 aliphatic carbocycles. The summed E-state index contributed by atoms with van der Waals surface area (Å²) in [6.07, 6.45) is 3.72. The Labute approximate surface area is 186 Å². The van der Waals surface area contributed by atoms with E-state index in [1.54, 1.807) is 0 Å². The summed E-state index contributed by atoms with van der Waals surface area (Å²) in [6, 6.07) is 11.2. The summed E-state index contributed by atoms with van der Waals surface area (Å²) in [5.74, 6) is -0.238. The van der Waals surface area contributed by atoms with Gasteiger partial charge in [-0.3, -0.25) is 4.79 Å². The van der Waals surface area contributed by atoms with Crippen LogP contribution < -0.4 is 15.5 Å². The Morgan fingerprint density at radius 2 is 1.81 bits per heavy atom. The standard InChI is InChI=1S/C24H27F2N5O/c1-31(2)22-19-5-3-4-6-21(19)29-24(30-22)28-17-10-7-15(8-11-17)14-27-23(32)18-12-9-16(25)13-20(18)26/h3-6,9,12-13,15,17H,7-8,10-11,14H2,1-2H3,(H,27,32)(H,28,29,30). The van der Waals surface area contributed by atoms with Gasteiger partial charge < -0.3 is 15.5 Å². The van der Waals surface area contributed by atoms with Crippen molar-refractivity contribution in [2.45, 2.75) is 31.7 Å². The van der Waals surface area contributed by atoms with Crippen molar-refractivity contribution in [2.24, 2.45) is 5.92 Å². The molecular formula is C24H27F2N5O. The van der Waals surface area contributed by atoms with Crippen molar-refractivity contribution in [3.05, 3.63) is 59.7 Å². The van der Waals surface area contributed by atoms with E-state index in [9.17, 15) is 13.6 Å². The molecule has 2 aromatic carbocycles.